The van der Waals surface area contributed by atoms with Crippen LogP contribution in [0.5, 0.6) is 0 Å². The Labute approximate surface area is 178 Å². The second-order valence-electron chi connectivity index (χ2n) is 6.47. The zero-order valence-corrected chi connectivity index (χ0v) is 18.8. The molecular formula is C19H26N4O2S3. The van der Waals surface area contributed by atoms with Gasteiger partial charge in [-0.15, -0.1) is 10.2 Å². The molecule has 0 atom stereocenters. The molecule has 0 saturated heterocycles. The van der Waals surface area contributed by atoms with Crippen LogP contribution in [0.15, 0.2) is 32.9 Å². The van der Waals surface area contributed by atoms with E-state index in [1.807, 2.05) is 6.92 Å². The van der Waals surface area contributed by atoms with Gasteiger partial charge >= 0.3 is 6.03 Å². The molecule has 3 amide bonds. The third kappa shape index (κ3) is 8.20. The fourth-order valence-electron chi connectivity index (χ4n) is 2.17. The van der Waals surface area contributed by atoms with Gasteiger partial charge in [-0.1, -0.05) is 86.3 Å². The molecule has 9 heteroatoms. The number of unbranched alkanes of at least 4 members (excludes halogenated alkanes) is 1. The Morgan fingerprint density at radius 1 is 1.11 bits per heavy atom. The molecule has 28 heavy (non-hydrogen) atoms. The maximum atomic E-state index is 11.8. The first kappa shape index (κ1) is 22.7. The van der Waals surface area contributed by atoms with Gasteiger partial charge in [0.15, 0.2) is 8.68 Å². The highest BCUT2D eigenvalue weighted by Gasteiger charge is 2.11. The number of imide groups is 1. The van der Waals surface area contributed by atoms with E-state index in [0.717, 1.165) is 27.3 Å². The van der Waals surface area contributed by atoms with E-state index in [-0.39, 0.29) is 11.7 Å². The molecule has 1 heterocycles. The van der Waals surface area contributed by atoms with Crippen molar-refractivity contribution in [2.24, 2.45) is 0 Å². The van der Waals surface area contributed by atoms with Crippen molar-refractivity contribution in [3.63, 3.8) is 0 Å². The molecule has 1 aromatic carbocycles. The topological polar surface area (TPSA) is 84.0 Å². The lowest BCUT2D eigenvalue weighted by atomic mass is 10.0. The van der Waals surface area contributed by atoms with Gasteiger partial charge in [0.1, 0.15) is 0 Å². The molecule has 152 valence electrons. The number of nitrogens with zero attached hydrogens (tertiary/aromatic N) is 2. The first-order chi connectivity index (χ1) is 13.5. The number of nitrogens with one attached hydrogen (secondary N) is 2. The number of carbonyl (C=O) groups is 2. The van der Waals surface area contributed by atoms with Gasteiger partial charge < -0.3 is 5.32 Å². The molecule has 0 bridgehead atoms. The summed E-state index contributed by atoms with van der Waals surface area (Å²) in [6.45, 7) is 6.98. The van der Waals surface area contributed by atoms with Crippen LogP contribution in [0.1, 0.15) is 50.7 Å². The van der Waals surface area contributed by atoms with Crippen LogP contribution in [0.2, 0.25) is 0 Å². The molecule has 6 nitrogen and oxygen atoms in total. The Morgan fingerprint density at radius 2 is 1.79 bits per heavy atom. The summed E-state index contributed by atoms with van der Waals surface area (Å²) in [5, 5.41) is 13.2. The molecule has 0 spiro atoms. The second kappa shape index (κ2) is 12.1. The lowest BCUT2D eigenvalue weighted by Gasteiger charge is -2.06. The summed E-state index contributed by atoms with van der Waals surface area (Å²) in [6.07, 6.45) is 1.88. The Balaban J connectivity index is 1.71. The fourth-order valence-corrected chi connectivity index (χ4v) is 4.95. The molecule has 0 aliphatic rings. The normalized spacial score (nSPS) is 10.9. The number of aromatic nitrogens is 2. The van der Waals surface area contributed by atoms with Crippen LogP contribution in [0.25, 0.3) is 0 Å². The zero-order valence-electron chi connectivity index (χ0n) is 16.4. The Kier molecular flexibility index (Phi) is 9.80. The molecule has 2 aromatic rings. The van der Waals surface area contributed by atoms with Crippen molar-refractivity contribution >= 4 is 46.8 Å². The SMILES string of the molecule is CCCCNC(=O)NC(=O)CSc1nnc(SCc2ccc(C(C)C)cc2)s1. The highest BCUT2D eigenvalue weighted by atomic mass is 32.2. The van der Waals surface area contributed by atoms with Crippen LogP contribution in [-0.2, 0) is 10.5 Å². The maximum absolute atomic E-state index is 11.8. The minimum atomic E-state index is -0.448. The molecule has 0 radical (unpaired) electrons. The average molecular weight is 439 g/mol. The van der Waals surface area contributed by atoms with Crippen LogP contribution in [-0.4, -0.2) is 34.4 Å². The van der Waals surface area contributed by atoms with Crippen LogP contribution in [0.4, 0.5) is 4.79 Å². The minimum Gasteiger partial charge on any atom is -0.338 e. The Morgan fingerprint density at radius 3 is 2.43 bits per heavy atom. The van der Waals surface area contributed by atoms with Gasteiger partial charge in [0.05, 0.1) is 5.75 Å². The minimum absolute atomic E-state index is 0.136. The Bertz CT molecular complexity index is 763. The van der Waals surface area contributed by atoms with E-state index in [2.05, 4.69) is 58.9 Å². The van der Waals surface area contributed by atoms with E-state index in [0.29, 0.717) is 12.5 Å². The van der Waals surface area contributed by atoms with Crippen LogP contribution in [0.3, 0.4) is 0 Å². The molecule has 0 aliphatic carbocycles. The van der Waals surface area contributed by atoms with E-state index < -0.39 is 6.03 Å². The number of amides is 3. The summed E-state index contributed by atoms with van der Waals surface area (Å²) in [5.41, 5.74) is 2.58. The predicted octanol–water partition coefficient (Wildman–Crippen LogP) is 4.67. The van der Waals surface area contributed by atoms with Crippen molar-refractivity contribution in [2.75, 3.05) is 12.3 Å². The molecule has 0 fully saturated rings. The number of hydrogen-bond acceptors (Lipinski definition) is 7. The molecule has 2 N–H and O–H groups in total. The van der Waals surface area contributed by atoms with Gasteiger partial charge in [0.2, 0.25) is 5.91 Å². The van der Waals surface area contributed by atoms with Crippen LogP contribution >= 0.6 is 34.9 Å². The predicted molar refractivity (Wildman–Crippen MR) is 117 cm³/mol. The van der Waals surface area contributed by atoms with Crippen molar-refractivity contribution in [1.29, 1.82) is 0 Å². The van der Waals surface area contributed by atoms with E-state index in [1.165, 1.54) is 34.2 Å². The highest BCUT2D eigenvalue weighted by Crippen LogP contribution is 2.30. The van der Waals surface area contributed by atoms with E-state index in [9.17, 15) is 9.59 Å². The maximum Gasteiger partial charge on any atom is 0.321 e. The number of urea groups is 1. The zero-order chi connectivity index (χ0) is 20.4. The molecule has 2 rings (SSSR count). The molecule has 0 unspecified atom stereocenters. The second-order valence-corrected chi connectivity index (χ2v) is 9.89. The fraction of sp³-hybridized carbons (Fsp3) is 0.474. The summed E-state index contributed by atoms with van der Waals surface area (Å²) < 4.78 is 1.59. The summed E-state index contributed by atoms with van der Waals surface area (Å²) in [7, 11) is 0. The summed E-state index contributed by atoms with van der Waals surface area (Å²) in [4.78, 5) is 23.4. The molecular weight excluding hydrogens is 412 g/mol. The van der Waals surface area contributed by atoms with E-state index in [1.54, 1.807) is 11.8 Å². The third-order valence-corrected chi connectivity index (χ3v) is 7.05. The monoisotopic (exact) mass is 438 g/mol. The summed E-state index contributed by atoms with van der Waals surface area (Å²) >= 11 is 4.38. The Hall–Kier alpha value is -1.58. The highest BCUT2D eigenvalue weighted by molar-refractivity contribution is 8.03. The molecule has 0 saturated carbocycles. The lowest BCUT2D eigenvalue weighted by molar-refractivity contribution is -0.117. The van der Waals surface area contributed by atoms with Crippen LogP contribution < -0.4 is 10.6 Å². The van der Waals surface area contributed by atoms with Gasteiger partial charge in [0, 0.05) is 12.3 Å². The molecule has 1 aromatic heterocycles. The summed E-state index contributed by atoms with van der Waals surface area (Å²) in [6, 6.07) is 8.18. The van der Waals surface area contributed by atoms with E-state index >= 15 is 0 Å². The third-order valence-electron chi connectivity index (χ3n) is 3.79. The first-order valence-electron chi connectivity index (χ1n) is 9.23. The number of thioether (sulfide) groups is 2. The van der Waals surface area contributed by atoms with Crippen molar-refractivity contribution in [3.8, 4) is 0 Å². The first-order valence-corrected chi connectivity index (χ1v) is 12.0. The summed E-state index contributed by atoms with van der Waals surface area (Å²) in [5.74, 6) is 1.16. The van der Waals surface area contributed by atoms with Gasteiger partial charge in [-0.25, -0.2) is 4.79 Å². The smallest absolute Gasteiger partial charge is 0.321 e. The number of benzene rings is 1. The van der Waals surface area contributed by atoms with Crippen molar-refractivity contribution < 1.29 is 9.59 Å². The standard InChI is InChI=1S/C19H26N4O2S3/c1-4-5-10-20-17(25)21-16(24)12-27-19-23-22-18(28-19)26-11-14-6-8-15(9-7-14)13(2)3/h6-9,13H,4-5,10-12H2,1-3H3,(H2,20,21,24,25). The number of hydrogen-bond donors (Lipinski definition) is 2. The van der Waals surface area contributed by atoms with Gasteiger partial charge in [0.25, 0.3) is 0 Å². The van der Waals surface area contributed by atoms with Gasteiger partial charge in [-0.3, -0.25) is 10.1 Å². The lowest BCUT2D eigenvalue weighted by Crippen LogP contribution is -2.40. The quantitative estimate of drug-likeness (QED) is 0.414. The van der Waals surface area contributed by atoms with Gasteiger partial charge in [-0.05, 0) is 23.5 Å². The number of rotatable bonds is 10. The van der Waals surface area contributed by atoms with Crippen molar-refractivity contribution in [2.45, 2.75) is 54.0 Å². The van der Waals surface area contributed by atoms with Crippen molar-refractivity contribution in [3.05, 3.63) is 35.4 Å². The average Bonchev–Trinajstić information content (AvgIpc) is 3.13. The van der Waals surface area contributed by atoms with Crippen LogP contribution in [0, 0.1) is 0 Å². The van der Waals surface area contributed by atoms with E-state index in [4.69, 9.17) is 0 Å². The van der Waals surface area contributed by atoms with Gasteiger partial charge in [-0.2, -0.15) is 0 Å². The largest absolute Gasteiger partial charge is 0.338 e. The number of carbonyl (C=O) groups excluding carboxylic acids is 2. The van der Waals surface area contributed by atoms with Crippen molar-refractivity contribution in [1.82, 2.24) is 20.8 Å². The molecule has 0 aliphatic heterocycles.